The number of rotatable bonds is 5. The Kier molecular flexibility index (Phi) is 4.40. The van der Waals surface area contributed by atoms with Crippen LogP contribution in [0.4, 0.5) is 0 Å². The molecule has 4 nitrogen and oxygen atoms in total. The first-order chi connectivity index (χ1) is 8.16. The van der Waals surface area contributed by atoms with Gasteiger partial charge in [0.1, 0.15) is 6.04 Å². The topological polar surface area (TPSA) is 41.6 Å². The Labute approximate surface area is 104 Å². The van der Waals surface area contributed by atoms with Gasteiger partial charge < -0.3 is 10.1 Å². The van der Waals surface area contributed by atoms with Gasteiger partial charge in [-0.1, -0.05) is 13.8 Å². The fourth-order valence-electron chi connectivity index (χ4n) is 2.81. The fourth-order valence-corrected chi connectivity index (χ4v) is 2.81. The summed E-state index contributed by atoms with van der Waals surface area (Å²) in [5.74, 6) is 0.563. The lowest BCUT2D eigenvalue weighted by Crippen LogP contribution is -2.46. The zero-order chi connectivity index (χ0) is 12.3. The van der Waals surface area contributed by atoms with E-state index in [0.29, 0.717) is 18.6 Å². The van der Waals surface area contributed by atoms with Crippen molar-refractivity contribution in [3.05, 3.63) is 0 Å². The van der Waals surface area contributed by atoms with Gasteiger partial charge in [0, 0.05) is 25.6 Å². The van der Waals surface area contributed by atoms with E-state index in [1.54, 1.807) is 0 Å². The van der Waals surface area contributed by atoms with Crippen LogP contribution in [0.25, 0.3) is 0 Å². The van der Waals surface area contributed by atoms with Crippen LogP contribution in [-0.2, 0) is 9.53 Å². The lowest BCUT2D eigenvalue weighted by atomic mass is 10.1. The lowest BCUT2D eigenvalue weighted by molar-refractivity contribution is -0.142. The Bertz CT molecular complexity index is 262. The van der Waals surface area contributed by atoms with Gasteiger partial charge in [-0.15, -0.1) is 0 Å². The summed E-state index contributed by atoms with van der Waals surface area (Å²) in [6.45, 7) is 8.09. The van der Waals surface area contributed by atoms with Crippen molar-refractivity contribution in [3.8, 4) is 0 Å². The summed E-state index contributed by atoms with van der Waals surface area (Å²) in [5.41, 5.74) is 0. The smallest absolute Gasteiger partial charge is 0.323 e. The standard InChI is InChI=1S/C13H24N2O2/c1-10(2)8-15(9-11-4-3-6-14-11)12-5-7-17-13(12)16/h10-12,14H,3-9H2,1-2H3. The minimum atomic E-state index is -0.0244. The number of nitrogens with zero attached hydrogens (tertiary/aromatic N) is 1. The third-order valence-corrected chi connectivity index (χ3v) is 3.57. The van der Waals surface area contributed by atoms with Gasteiger partial charge in [-0.3, -0.25) is 9.69 Å². The zero-order valence-electron chi connectivity index (χ0n) is 10.9. The third kappa shape index (κ3) is 3.42. The van der Waals surface area contributed by atoms with Crippen molar-refractivity contribution in [2.45, 2.75) is 45.2 Å². The first kappa shape index (κ1) is 12.8. The molecular weight excluding hydrogens is 216 g/mol. The molecule has 2 unspecified atom stereocenters. The van der Waals surface area contributed by atoms with Crippen LogP contribution in [0.5, 0.6) is 0 Å². The van der Waals surface area contributed by atoms with Gasteiger partial charge >= 0.3 is 5.97 Å². The summed E-state index contributed by atoms with van der Waals surface area (Å²) in [6.07, 6.45) is 3.35. The van der Waals surface area contributed by atoms with Gasteiger partial charge in [0.15, 0.2) is 0 Å². The van der Waals surface area contributed by atoms with Crippen molar-refractivity contribution < 1.29 is 9.53 Å². The molecule has 0 spiro atoms. The Morgan fingerprint density at radius 3 is 2.82 bits per heavy atom. The molecular formula is C13H24N2O2. The van der Waals surface area contributed by atoms with Crippen LogP contribution in [0.1, 0.15) is 33.1 Å². The second-order valence-electron chi connectivity index (χ2n) is 5.61. The first-order valence-electron chi connectivity index (χ1n) is 6.81. The van der Waals surface area contributed by atoms with Gasteiger partial charge in [-0.25, -0.2) is 0 Å². The molecule has 2 fully saturated rings. The molecule has 0 amide bonds. The number of ether oxygens (including phenoxy) is 1. The zero-order valence-corrected chi connectivity index (χ0v) is 10.9. The minimum Gasteiger partial charge on any atom is -0.464 e. The van der Waals surface area contributed by atoms with Crippen molar-refractivity contribution in [2.75, 3.05) is 26.2 Å². The predicted octanol–water partition coefficient (Wildman–Crippen LogP) is 1.01. The molecule has 2 atom stereocenters. The molecule has 0 radical (unpaired) electrons. The fraction of sp³-hybridized carbons (Fsp3) is 0.923. The van der Waals surface area contributed by atoms with Crippen LogP contribution < -0.4 is 5.32 Å². The van der Waals surface area contributed by atoms with Crippen molar-refractivity contribution in [3.63, 3.8) is 0 Å². The van der Waals surface area contributed by atoms with Crippen LogP contribution in [0.3, 0.4) is 0 Å². The lowest BCUT2D eigenvalue weighted by Gasteiger charge is -2.30. The minimum absolute atomic E-state index is 0.000185. The van der Waals surface area contributed by atoms with Crippen LogP contribution in [0.15, 0.2) is 0 Å². The van der Waals surface area contributed by atoms with E-state index >= 15 is 0 Å². The molecule has 2 aliphatic heterocycles. The van der Waals surface area contributed by atoms with E-state index in [1.165, 1.54) is 12.8 Å². The molecule has 0 saturated carbocycles. The quantitative estimate of drug-likeness (QED) is 0.728. The van der Waals surface area contributed by atoms with Crippen molar-refractivity contribution in [2.24, 2.45) is 5.92 Å². The van der Waals surface area contributed by atoms with Gasteiger partial charge in [-0.2, -0.15) is 0 Å². The highest BCUT2D eigenvalue weighted by atomic mass is 16.5. The molecule has 2 aliphatic rings. The summed E-state index contributed by atoms with van der Waals surface area (Å²) in [5, 5.41) is 3.50. The number of esters is 1. The largest absolute Gasteiger partial charge is 0.464 e. The number of carbonyl (C=O) groups is 1. The van der Waals surface area contributed by atoms with Crippen LogP contribution in [0.2, 0.25) is 0 Å². The molecule has 2 rings (SSSR count). The highest BCUT2D eigenvalue weighted by Crippen LogP contribution is 2.18. The van der Waals surface area contributed by atoms with Crippen LogP contribution in [0, 0.1) is 5.92 Å². The van der Waals surface area contributed by atoms with Gasteiger partial charge in [0.2, 0.25) is 0 Å². The second-order valence-corrected chi connectivity index (χ2v) is 5.61. The van der Waals surface area contributed by atoms with E-state index in [4.69, 9.17) is 4.74 Å². The summed E-state index contributed by atoms with van der Waals surface area (Å²) >= 11 is 0. The molecule has 2 heterocycles. The summed E-state index contributed by atoms with van der Waals surface area (Å²) in [4.78, 5) is 14.0. The maximum absolute atomic E-state index is 11.7. The summed E-state index contributed by atoms with van der Waals surface area (Å²) in [7, 11) is 0. The van der Waals surface area contributed by atoms with Crippen LogP contribution in [-0.4, -0.2) is 49.2 Å². The molecule has 4 heteroatoms. The number of hydrogen-bond donors (Lipinski definition) is 1. The molecule has 0 aromatic heterocycles. The molecule has 0 bridgehead atoms. The third-order valence-electron chi connectivity index (χ3n) is 3.57. The van der Waals surface area contributed by atoms with Gasteiger partial charge in [0.05, 0.1) is 6.61 Å². The maximum Gasteiger partial charge on any atom is 0.323 e. The Morgan fingerprint density at radius 1 is 1.47 bits per heavy atom. The first-order valence-corrected chi connectivity index (χ1v) is 6.81. The SMILES string of the molecule is CC(C)CN(CC1CCCN1)C1CCOC1=O. The molecule has 2 saturated heterocycles. The summed E-state index contributed by atoms with van der Waals surface area (Å²) < 4.78 is 5.09. The van der Waals surface area contributed by atoms with E-state index < -0.39 is 0 Å². The Balaban J connectivity index is 1.93. The molecule has 0 aromatic rings. The second kappa shape index (κ2) is 5.83. The van der Waals surface area contributed by atoms with Gasteiger partial charge in [-0.05, 0) is 25.3 Å². The average Bonchev–Trinajstić information content (AvgIpc) is 2.87. The van der Waals surface area contributed by atoms with E-state index in [0.717, 1.165) is 26.1 Å². The predicted molar refractivity (Wildman–Crippen MR) is 66.8 cm³/mol. The van der Waals surface area contributed by atoms with Gasteiger partial charge in [0.25, 0.3) is 0 Å². The van der Waals surface area contributed by atoms with Crippen molar-refractivity contribution in [1.29, 1.82) is 0 Å². The molecule has 0 aromatic carbocycles. The molecule has 17 heavy (non-hydrogen) atoms. The van der Waals surface area contributed by atoms with Crippen molar-refractivity contribution >= 4 is 5.97 Å². The Morgan fingerprint density at radius 2 is 2.29 bits per heavy atom. The number of carbonyl (C=O) groups excluding carboxylic acids is 1. The summed E-state index contributed by atoms with van der Waals surface area (Å²) in [6, 6.07) is 0.557. The maximum atomic E-state index is 11.7. The van der Waals surface area contributed by atoms with Crippen molar-refractivity contribution in [1.82, 2.24) is 10.2 Å². The highest BCUT2D eigenvalue weighted by molar-refractivity contribution is 5.77. The molecule has 0 aliphatic carbocycles. The number of nitrogens with one attached hydrogen (secondary N) is 1. The highest BCUT2D eigenvalue weighted by Gasteiger charge is 2.34. The van der Waals surface area contributed by atoms with E-state index in [2.05, 4.69) is 24.1 Å². The monoisotopic (exact) mass is 240 g/mol. The molecule has 98 valence electrons. The normalized spacial score (nSPS) is 29.3. The molecule has 1 N–H and O–H groups in total. The van der Waals surface area contributed by atoms with E-state index in [1.807, 2.05) is 0 Å². The van der Waals surface area contributed by atoms with E-state index in [9.17, 15) is 4.79 Å². The van der Waals surface area contributed by atoms with E-state index in [-0.39, 0.29) is 12.0 Å². The van der Waals surface area contributed by atoms with Crippen LogP contribution >= 0.6 is 0 Å². The number of hydrogen-bond acceptors (Lipinski definition) is 4. The average molecular weight is 240 g/mol. The Hall–Kier alpha value is -0.610. The number of cyclic esters (lactones) is 1.